The van der Waals surface area contributed by atoms with Crippen LogP contribution in [0.25, 0.3) is 0 Å². The van der Waals surface area contributed by atoms with Crippen LogP contribution in [0, 0.1) is 0 Å². The highest BCUT2D eigenvalue weighted by Gasteiger charge is 2.25. The molecule has 1 aromatic carbocycles. The highest BCUT2D eigenvalue weighted by molar-refractivity contribution is 7.99. The highest BCUT2D eigenvalue weighted by atomic mass is 32.2. The van der Waals surface area contributed by atoms with Gasteiger partial charge in [0.15, 0.2) is 0 Å². The van der Waals surface area contributed by atoms with Gasteiger partial charge in [0.2, 0.25) is 15.9 Å². The third kappa shape index (κ3) is 4.12. The second-order valence-corrected chi connectivity index (χ2v) is 10.0. The number of hydrogen-bond donors (Lipinski definition) is 1. The van der Waals surface area contributed by atoms with Crippen molar-refractivity contribution >= 4 is 33.4 Å². The summed E-state index contributed by atoms with van der Waals surface area (Å²) in [7, 11) is -0.436. The van der Waals surface area contributed by atoms with Gasteiger partial charge in [0.1, 0.15) is 0 Å². The molecule has 1 N–H and O–H groups in total. The summed E-state index contributed by atoms with van der Waals surface area (Å²) in [4.78, 5) is 15.7. The number of benzene rings is 1. The SMILES string of the molecule is CN(C)S(=O)(=O)c1ccc2c(c1)N(CC(=O)NC1CCCC1)CCS2. The Balaban J connectivity index is 1.79. The minimum atomic E-state index is -3.48. The summed E-state index contributed by atoms with van der Waals surface area (Å²) in [6.07, 6.45) is 4.48. The molecule has 0 spiro atoms. The van der Waals surface area contributed by atoms with E-state index in [1.807, 2.05) is 11.0 Å². The van der Waals surface area contributed by atoms with Crippen LogP contribution in [0.3, 0.4) is 0 Å². The fourth-order valence-electron chi connectivity index (χ4n) is 3.30. The summed E-state index contributed by atoms with van der Waals surface area (Å²) in [5.74, 6) is 0.911. The Bertz CT molecular complexity index is 744. The third-order valence-electron chi connectivity index (χ3n) is 4.72. The van der Waals surface area contributed by atoms with Gasteiger partial charge in [-0.1, -0.05) is 12.8 Å². The molecule has 0 aromatic heterocycles. The number of rotatable bonds is 5. The Morgan fingerprint density at radius 3 is 2.72 bits per heavy atom. The van der Waals surface area contributed by atoms with E-state index in [0.717, 1.165) is 35.7 Å². The number of anilines is 1. The molecule has 0 atom stereocenters. The molecular formula is C17H25N3O3S2. The summed E-state index contributed by atoms with van der Waals surface area (Å²) >= 11 is 1.70. The first-order chi connectivity index (χ1) is 11.9. The molecule has 25 heavy (non-hydrogen) atoms. The number of thioether (sulfide) groups is 1. The molecule has 1 aliphatic heterocycles. The Hall–Kier alpha value is -1.25. The molecule has 1 heterocycles. The van der Waals surface area contributed by atoms with E-state index in [4.69, 9.17) is 0 Å². The fraction of sp³-hybridized carbons (Fsp3) is 0.588. The average molecular weight is 384 g/mol. The van der Waals surface area contributed by atoms with Crippen molar-refractivity contribution in [1.29, 1.82) is 0 Å². The second-order valence-electron chi connectivity index (χ2n) is 6.74. The van der Waals surface area contributed by atoms with Gasteiger partial charge in [-0.05, 0) is 31.0 Å². The van der Waals surface area contributed by atoms with E-state index in [9.17, 15) is 13.2 Å². The lowest BCUT2D eigenvalue weighted by molar-refractivity contribution is -0.120. The van der Waals surface area contributed by atoms with E-state index in [2.05, 4.69) is 5.32 Å². The van der Waals surface area contributed by atoms with Gasteiger partial charge in [-0.3, -0.25) is 4.79 Å². The minimum Gasteiger partial charge on any atom is -0.360 e. The molecule has 1 fully saturated rings. The first-order valence-corrected chi connectivity index (χ1v) is 11.0. The van der Waals surface area contributed by atoms with E-state index in [1.165, 1.54) is 31.2 Å². The van der Waals surface area contributed by atoms with Gasteiger partial charge in [0.05, 0.1) is 17.1 Å². The van der Waals surface area contributed by atoms with E-state index in [1.54, 1.807) is 23.9 Å². The number of nitrogens with one attached hydrogen (secondary N) is 1. The highest BCUT2D eigenvalue weighted by Crippen LogP contribution is 2.36. The van der Waals surface area contributed by atoms with Gasteiger partial charge in [-0.15, -0.1) is 11.8 Å². The molecule has 3 rings (SSSR count). The van der Waals surface area contributed by atoms with Gasteiger partial charge >= 0.3 is 0 Å². The van der Waals surface area contributed by atoms with Crippen LogP contribution in [0.5, 0.6) is 0 Å². The Kier molecular flexibility index (Phi) is 5.60. The molecule has 1 amide bonds. The topological polar surface area (TPSA) is 69.7 Å². The fourth-order valence-corrected chi connectivity index (χ4v) is 5.26. The summed E-state index contributed by atoms with van der Waals surface area (Å²) in [5, 5.41) is 3.11. The minimum absolute atomic E-state index is 0.0191. The van der Waals surface area contributed by atoms with Crippen LogP contribution in [0.1, 0.15) is 25.7 Å². The van der Waals surface area contributed by atoms with Gasteiger partial charge in [-0.2, -0.15) is 0 Å². The number of sulfonamides is 1. The van der Waals surface area contributed by atoms with Crippen LogP contribution < -0.4 is 10.2 Å². The average Bonchev–Trinajstić information content (AvgIpc) is 3.07. The molecule has 1 aromatic rings. The maximum atomic E-state index is 12.4. The predicted molar refractivity (Wildman–Crippen MR) is 101 cm³/mol. The van der Waals surface area contributed by atoms with Crippen LogP contribution in [-0.4, -0.2) is 57.6 Å². The van der Waals surface area contributed by atoms with Gasteiger partial charge in [0.25, 0.3) is 0 Å². The Morgan fingerprint density at radius 1 is 1.32 bits per heavy atom. The maximum absolute atomic E-state index is 12.4. The van der Waals surface area contributed by atoms with Crippen molar-refractivity contribution in [3.05, 3.63) is 18.2 Å². The van der Waals surface area contributed by atoms with Crippen molar-refractivity contribution in [1.82, 2.24) is 9.62 Å². The second kappa shape index (κ2) is 7.55. The van der Waals surface area contributed by atoms with Crippen LogP contribution >= 0.6 is 11.8 Å². The number of carbonyl (C=O) groups is 1. The molecule has 6 nitrogen and oxygen atoms in total. The van der Waals surface area contributed by atoms with Gasteiger partial charge in [-0.25, -0.2) is 12.7 Å². The molecule has 1 saturated carbocycles. The Labute approximate surface area is 154 Å². The summed E-state index contributed by atoms with van der Waals surface area (Å²) in [6.45, 7) is 1.01. The lowest BCUT2D eigenvalue weighted by atomic mass is 10.2. The number of fused-ring (bicyclic) bond motifs is 1. The van der Waals surface area contributed by atoms with E-state index in [0.29, 0.717) is 6.04 Å². The predicted octanol–water partition coefficient (Wildman–Crippen LogP) is 1.91. The molecule has 138 valence electrons. The zero-order valence-corrected chi connectivity index (χ0v) is 16.3. The monoisotopic (exact) mass is 383 g/mol. The normalized spacial score (nSPS) is 18.4. The number of amides is 1. The standard InChI is InChI=1S/C17H25N3O3S2/c1-19(2)25(22,23)14-7-8-16-15(11-14)20(9-10-24-16)12-17(21)18-13-5-3-4-6-13/h7-8,11,13H,3-6,9-10,12H2,1-2H3,(H,18,21). The largest absolute Gasteiger partial charge is 0.360 e. The van der Waals surface area contributed by atoms with Crippen molar-refractivity contribution in [2.24, 2.45) is 0 Å². The summed E-state index contributed by atoms with van der Waals surface area (Å²) < 4.78 is 26.0. The lowest BCUT2D eigenvalue weighted by Gasteiger charge is -2.31. The molecule has 1 aliphatic carbocycles. The van der Waals surface area contributed by atoms with Gasteiger partial charge in [0, 0.05) is 37.3 Å². The molecule has 8 heteroatoms. The van der Waals surface area contributed by atoms with Crippen LogP contribution in [-0.2, 0) is 14.8 Å². The Morgan fingerprint density at radius 2 is 2.04 bits per heavy atom. The summed E-state index contributed by atoms with van der Waals surface area (Å²) in [5.41, 5.74) is 0.834. The number of carbonyl (C=O) groups excluding carboxylic acids is 1. The quantitative estimate of drug-likeness (QED) is 0.841. The maximum Gasteiger partial charge on any atom is 0.242 e. The van der Waals surface area contributed by atoms with E-state index >= 15 is 0 Å². The van der Waals surface area contributed by atoms with Crippen LogP contribution in [0.2, 0.25) is 0 Å². The number of hydrogen-bond acceptors (Lipinski definition) is 5. The lowest BCUT2D eigenvalue weighted by Crippen LogP contribution is -2.43. The molecular weight excluding hydrogens is 358 g/mol. The van der Waals surface area contributed by atoms with E-state index < -0.39 is 10.0 Å². The molecule has 0 radical (unpaired) electrons. The first kappa shape index (κ1) is 18.5. The smallest absolute Gasteiger partial charge is 0.242 e. The molecule has 0 bridgehead atoms. The van der Waals surface area contributed by atoms with Crippen molar-refractivity contribution in [2.75, 3.05) is 37.8 Å². The van der Waals surface area contributed by atoms with Crippen molar-refractivity contribution in [3.8, 4) is 0 Å². The van der Waals surface area contributed by atoms with Crippen LogP contribution in [0.4, 0.5) is 5.69 Å². The zero-order valence-electron chi connectivity index (χ0n) is 14.7. The first-order valence-electron chi connectivity index (χ1n) is 8.61. The molecule has 0 unspecified atom stereocenters. The molecule has 2 aliphatic rings. The van der Waals surface area contributed by atoms with Gasteiger partial charge < -0.3 is 10.2 Å². The third-order valence-corrected chi connectivity index (χ3v) is 7.58. The van der Waals surface area contributed by atoms with E-state index in [-0.39, 0.29) is 17.3 Å². The van der Waals surface area contributed by atoms with Crippen LogP contribution in [0.15, 0.2) is 28.0 Å². The summed E-state index contributed by atoms with van der Waals surface area (Å²) in [6, 6.07) is 5.48. The number of nitrogens with zero attached hydrogens (tertiary/aromatic N) is 2. The zero-order chi connectivity index (χ0) is 18.0. The van der Waals surface area contributed by atoms with Crippen molar-refractivity contribution in [2.45, 2.75) is 41.5 Å². The van der Waals surface area contributed by atoms with Crippen molar-refractivity contribution in [3.63, 3.8) is 0 Å². The molecule has 0 saturated heterocycles. The van der Waals surface area contributed by atoms with Crippen molar-refractivity contribution < 1.29 is 13.2 Å².